The molecule has 0 amide bonds. The molecule has 1 saturated carbocycles. The second kappa shape index (κ2) is 7.28. The minimum Gasteiger partial charge on any atom is -0.392 e. The number of anilines is 2. The predicted octanol–water partition coefficient (Wildman–Crippen LogP) is 4.97. The molecular formula is C22H26BrN3O. The van der Waals surface area contributed by atoms with Crippen LogP contribution in [0.3, 0.4) is 0 Å². The Bertz CT molecular complexity index is 874. The van der Waals surface area contributed by atoms with Crippen LogP contribution in [0.4, 0.5) is 11.4 Å². The summed E-state index contributed by atoms with van der Waals surface area (Å²) in [5, 5.41) is 17.4. The van der Waals surface area contributed by atoms with Crippen LogP contribution in [0.25, 0.3) is 0 Å². The van der Waals surface area contributed by atoms with Gasteiger partial charge in [0.15, 0.2) is 0 Å². The highest BCUT2D eigenvalue weighted by Gasteiger charge is 2.43. The highest BCUT2D eigenvalue weighted by atomic mass is 79.9. The first-order chi connectivity index (χ1) is 13.0. The molecule has 0 aromatic heterocycles. The summed E-state index contributed by atoms with van der Waals surface area (Å²) in [5.74, 6) is 0.208. The molecule has 0 unspecified atom stereocenters. The van der Waals surface area contributed by atoms with Gasteiger partial charge in [0, 0.05) is 34.2 Å². The van der Waals surface area contributed by atoms with E-state index < -0.39 is 0 Å². The number of nitrogens with zero attached hydrogens (tertiary/aromatic N) is 1. The molecule has 142 valence electrons. The lowest BCUT2D eigenvalue weighted by Gasteiger charge is -2.48. The van der Waals surface area contributed by atoms with Gasteiger partial charge in [0.1, 0.15) is 0 Å². The molecule has 4 N–H and O–H groups in total. The van der Waals surface area contributed by atoms with Gasteiger partial charge >= 0.3 is 0 Å². The molecule has 1 heterocycles. The van der Waals surface area contributed by atoms with Gasteiger partial charge in [0.2, 0.25) is 0 Å². The van der Waals surface area contributed by atoms with Crippen molar-refractivity contribution in [3.8, 4) is 0 Å². The first-order valence-corrected chi connectivity index (χ1v) is 10.5. The summed E-state index contributed by atoms with van der Waals surface area (Å²) in [4.78, 5) is 2.31. The normalized spacial score (nSPS) is 17.5. The zero-order chi connectivity index (χ0) is 19.0. The fraction of sp³-hybridized carbons (Fsp3) is 0.409. The lowest BCUT2D eigenvalue weighted by molar-refractivity contribution is 0.281. The van der Waals surface area contributed by atoms with E-state index in [0.717, 1.165) is 22.9 Å². The van der Waals surface area contributed by atoms with Gasteiger partial charge in [-0.25, -0.2) is 0 Å². The smallest absolute Gasteiger partial charge is 0.0923 e. The maximum absolute atomic E-state index is 9.74. The molecule has 5 heteroatoms. The van der Waals surface area contributed by atoms with Crippen LogP contribution in [0.15, 0.2) is 40.9 Å². The SMILES string of the molecule is N=C(N)CCN1c2ccc(Br)cc2C2(CCCCC2)c2cc(CO)ccc21. The molecule has 2 aliphatic rings. The third kappa shape index (κ3) is 3.17. The Morgan fingerprint density at radius 2 is 1.74 bits per heavy atom. The first kappa shape index (κ1) is 18.5. The van der Waals surface area contributed by atoms with Crippen molar-refractivity contribution in [2.45, 2.75) is 50.5 Å². The van der Waals surface area contributed by atoms with Gasteiger partial charge in [0.05, 0.1) is 12.4 Å². The number of nitrogens with one attached hydrogen (secondary N) is 1. The van der Waals surface area contributed by atoms with Crippen molar-refractivity contribution in [1.82, 2.24) is 0 Å². The van der Waals surface area contributed by atoms with Gasteiger partial charge in [-0.2, -0.15) is 0 Å². The third-order valence-corrected chi connectivity index (χ3v) is 6.62. The largest absolute Gasteiger partial charge is 0.392 e. The quantitative estimate of drug-likeness (QED) is 0.476. The molecule has 1 aliphatic carbocycles. The number of hydrogen-bond acceptors (Lipinski definition) is 3. The number of benzene rings is 2. The second-order valence-corrected chi connectivity index (χ2v) is 8.66. The highest BCUT2D eigenvalue weighted by Crippen LogP contribution is 2.56. The summed E-state index contributed by atoms with van der Waals surface area (Å²) in [6.07, 6.45) is 6.54. The Labute approximate surface area is 169 Å². The van der Waals surface area contributed by atoms with E-state index in [0.29, 0.717) is 13.0 Å². The fourth-order valence-electron chi connectivity index (χ4n) is 4.87. The first-order valence-electron chi connectivity index (χ1n) is 9.70. The van der Waals surface area contributed by atoms with Crippen molar-refractivity contribution in [2.24, 2.45) is 5.73 Å². The number of rotatable bonds is 4. The van der Waals surface area contributed by atoms with Gasteiger partial charge in [-0.3, -0.25) is 5.41 Å². The Hall–Kier alpha value is -1.85. The van der Waals surface area contributed by atoms with Crippen LogP contribution in [0.2, 0.25) is 0 Å². The highest BCUT2D eigenvalue weighted by molar-refractivity contribution is 9.10. The Kier molecular flexibility index (Phi) is 4.99. The maximum Gasteiger partial charge on any atom is 0.0923 e. The van der Waals surface area contributed by atoms with Crippen molar-refractivity contribution in [1.29, 1.82) is 5.41 Å². The van der Waals surface area contributed by atoms with Crippen molar-refractivity contribution in [3.05, 3.63) is 57.6 Å². The molecular weight excluding hydrogens is 402 g/mol. The summed E-state index contributed by atoms with van der Waals surface area (Å²) in [6, 6.07) is 12.9. The van der Waals surface area contributed by atoms with Gasteiger partial charge in [-0.1, -0.05) is 47.3 Å². The number of fused-ring (bicyclic) bond motifs is 4. The standard InChI is InChI=1S/C22H26BrN3O/c23-16-5-7-20-18(13-16)22(9-2-1-3-10-22)17-12-15(14-27)4-6-19(17)26(20)11-8-21(24)25/h4-7,12-13,27H,1-3,8-11,14H2,(H3,24,25). The van der Waals surface area contributed by atoms with E-state index in [4.69, 9.17) is 11.1 Å². The van der Waals surface area contributed by atoms with Crippen LogP contribution in [0.1, 0.15) is 55.2 Å². The van der Waals surface area contributed by atoms with E-state index in [-0.39, 0.29) is 17.9 Å². The summed E-state index contributed by atoms with van der Waals surface area (Å²) >= 11 is 3.68. The van der Waals surface area contributed by atoms with Gasteiger partial charge in [-0.15, -0.1) is 0 Å². The molecule has 27 heavy (non-hydrogen) atoms. The summed E-state index contributed by atoms with van der Waals surface area (Å²) in [5.41, 5.74) is 11.8. The van der Waals surface area contributed by atoms with Crippen molar-refractivity contribution >= 4 is 33.1 Å². The number of amidine groups is 1. The molecule has 4 rings (SSSR count). The fourth-order valence-corrected chi connectivity index (χ4v) is 5.23. The summed E-state index contributed by atoms with van der Waals surface area (Å²) < 4.78 is 1.10. The van der Waals surface area contributed by atoms with Crippen molar-refractivity contribution in [2.75, 3.05) is 11.4 Å². The second-order valence-electron chi connectivity index (χ2n) is 7.74. The molecule has 1 fully saturated rings. The number of nitrogens with two attached hydrogens (primary N) is 1. The minimum atomic E-state index is 0.00456. The van der Waals surface area contributed by atoms with E-state index in [9.17, 15) is 5.11 Å². The minimum absolute atomic E-state index is 0.00456. The van der Waals surface area contributed by atoms with Crippen LogP contribution < -0.4 is 10.6 Å². The van der Waals surface area contributed by atoms with E-state index in [1.54, 1.807) is 0 Å². The van der Waals surface area contributed by atoms with Gasteiger partial charge in [0.25, 0.3) is 0 Å². The van der Waals surface area contributed by atoms with E-state index >= 15 is 0 Å². The van der Waals surface area contributed by atoms with Crippen LogP contribution in [-0.2, 0) is 12.0 Å². The van der Waals surface area contributed by atoms with E-state index in [1.165, 1.54) is 41.8 Å². The van der Waals surface area contributed by atoms with Crippen LogP contribution in [-0.4, -0.2) is 17.5 Å². The molecule has 0 atom stereocenters. The molecule has 0 saturated heterocycles. The van der Waals surface area contributed by atoms with Crippen LogP contribution in [0, 0.1) is 5.41 Å². The molecule has 4 nitrogen and oxygen atoms in total. The molecule has 0 bridgehead atoms. The number of hydrogen-bond donors (Lipinski definition) is 3. The van der Waals surface area contributed by atoms with E-state index in [1.807, 2.05) is 6.07 Å². The molecule has 1 aliphatic heterocycles. The predicted molar refractivity (Wildman–Crippen MR) is 114 cm³/mol. The van der Waals surface area contributed by atoms with Crippen molar-refractivity contribution in [3.63, 3.8) is 0 Å². The molecule has 2 aromatic rings. The Morgan fingerprint density at radius 3 is 2.41 bits per heavy atom. The number of aliphatic hydroxyl groups is 1. The average molecular weight is 428 g/mol. The van der Waals surface area contributed by atoms with Gasteiger partial charge in [-0.05, 0) is 53.8 Å². The topological polar surface area (TPSA) is 73.3 Å². The van der Waals surface area contributed by atoms with E-state index in [2.05, 4.69) is 51.2 Å². The average Bonchev–Trinajstić information content (AvgIpc) is 2.68. The third-order valence-electron chi connectivity index (χ3n) is 6.13. The zero-order valence-electron chi connectivity index (χ0n) is 15.5. The monoisotopic (exact) mass is 427 g/mol. The number of aliphatic hydroxyl groups excluding tert-OH is 1. The Morgan fingerprint density at radius 1 is 1.07 bits per heavy atom. The zero-order valence-corrected chi connectivity index (χ0v) is 17.1. The Balaban J connectivity index is 1.94. The molecule has 1 spiro atoms. The van der Waals surface area contributed by atoms with Gasteiger partial charge < -0.3 is 15.7 Å². The summed E-state index contributed by atoms with van der Waals surface area (Å²) in [7, 11) is 0. The lowest BCUT2D eigenvalue weighted by Crippen LogP contribution is -2.39. The van der Waals surface area contributed by atoms with Crippen molar-refractivity contribution < 1.29 is 5.11 Å². The lowest BCUT2D eigenvalue weighted by atomic mass is 9.62. The number of halogens is 1. The van der Waals surface area contributed by atoms with Crippen LogP contribution in [0.5, 0.6) is 0 Å². The maximum atomic E-state index is 9.74. The summed E-state index contributed by atoms with van der Waals surface area (Å²) in [6.45, 7) is 0.744. The molecule has 0 radical (unpaired) electrons. The van der Waals surface area contributed by atoms with Crippen LogP contribution >= 0.6 is 15.9 Å². The molecule has 2 aromatic carbocycles.